The third kappa shape index (κ3) is 2.46. The molecular formula is C20H24F2O3. The number of hydrogen-bond acceptors (Lipinski definition) is 2. The van der Waals surface area contributed by atoms with Crippen molar-refractivity contribution in [1.29, 1.82) is 0 Å². The van der Waals surface area contributed by atoms with E-state index < -0.39 is 23.2 Å². The summed E-state index contributed by atoms with van der Waals surface area (Å²) in [6.07, 6.45) is 5.60. The van der Waals surface area contributed by atoms with E-state index in [-0.39, 0.29) is 17.2 Å². The van der Waals surface area contributed by atoms with Gasteiger partial charge in [-0.2, -0.15) is 4.39 Å². The molecule has 136 valence electrons. The van der Waals surface area contributed by atoms with Gasteiger partial charge in [0.2, 0.25) is 5.82 Å². The molecule has 0 atom stereocenters. The molecule has 5 rings (SSSR count). The zero-order valence-electron chi connectivity index (χ0n) is 14.6. The predicted molar refractivity (Wildman–Crippen MR) is 88.6 cm³/mol. The van der Waals surface area contributed by atoms with Gasteiger partial charge in [0, 0.05) is 0 Å². The van der Waals surface area contributed by atoms with Crippen molar-refractivity contribution >= 4 is 5.97 Å². The molecule has 0 heterocycles. The van der Waals surface area contributed by atoms with Gasteiger partial charge in [-0.15, -0.1) is 0 Å². The molecule has 1 aromatic carbocycles. The number of ether oxygens (including phenoxy) is 1. The molecule has 0 spiro atoms. The minimum Gasteiger partial charge on any atom is -0.483 e. The maximum atomic E-state index is 14.4. The van der Waals surface area contributed by atoms with E-state index in [1.165, 1.54) is 6.42 Å². The first-order valence-corrected chi connectivity index (χ1v) is 9.22. The second-order valence-electron chi connectivity index (χ2n) is 8.49. The lowest BCUT2D eigenvalue weighted by Gasteiger charge is -2.62. The highest BCUT2D eigenvalue weighted by Crippen LogP contribution is 2.61. The first-order chi connectivity index (χ1) is 11.8. The lowest BCUT2D eigenvalue weighted by molar-refractivity contribution is -0.180. The number of aromatic carboxylic acids is 1. The highest BCUT2D eigenvalue weighted by Gasteiger charge is 2.60. The van der Waals surface area contributed by atoms with Crippen LogP contribution in [0.5, 0.6) is 5.75 Å². The minimum absolute atomic E-state index is 0.151. The van der Waals surface area contributed by atoms with E-state index in [0.29, 0.717) is 17.9 Å². The molecule has 0 radical (unpaired) electrons. The summed E-state index contributed by atoms with van der Waals surface area (Å²) in [5.41, 5.74) is -0.811. The van der Waals surface area contributed by atoms with Crippen molar-refractivity contribution in [1.82, 2.24) is 0 Å². The van der Waals surface area contributed by atoms with Gasteiger partial charge in [-0.25, -0.2) is 9.18 Å². The van der Waals surface area contributed by atoms with Crippen LogP contribution in [0.25, 0.3) is 0 Å². The van der Waals surface area contributed by atoms with Crippen LogP contribution >= 0.6 is 0 Å². The van der Waals surface area contributed by atoms with Gasteiger partial charge in [-0.3, -0.25) is 0 Å². The highest BCUT2D eigenvalue weighted by molar-refractivity contribution is 5.88. The van der Waals surface area contributed by atoms with Crippen molar-refractivity contribution in [3.05, 3.63) is 29.3 Å². The number of benzene rings is 1. The zero-order valence-corrected chi connectivity index (χ0v) is 14.6. The number of rotatable bonds is 4. The molecule has 0 aromatic heterocycles. The van der Waals surface area contributed by atoms with Crippen molar-refractivity contribution in [2.24, 2.45) is 29.6 Å². The number of carbonyl (C=O) groups is 1. The zero-order chi connectivity index (χ0) is 17.9. The van der Waals surface area contributed by atoms with E-state index in [0.717, 1.165) is 43.6 Å². The topological polar surface area (TPSA) is 46.5 Å². The first kappa shape index (κ1) is 16.8. The molecule has 3 nitrogen and oxygen atoms in total. The second-order valence-corrected chi connectivity index (χ2v) is 8.49. The van der Waals surface area contributed by atoms with Crippen molar-refractivity contribution in [2.45, 2.75) is 51.6 Å². The summed E-state index contributed by atoms with van der Waals surface area (Å²) >= 11 is 0. The predicted octanol–water partition coefficient (Wildman–Crippen LogP) is 4.89. The van der Waals surface area contributed by atoms with Gasteiger partial charge in [0.25, 0.3) is 0 Å². The van der Waals surface area contributed by atoms with Crippen molar-refractivity contribution < 1.29 is 23.4 Å². The van der Waals surface area contributed by atoms with Crippen molar-refractivity contribution in [2.75, 3.05) is 0 Å². The van der Waals surface area contributed by atoms with Gasteiger partial charge >= 0.3 is 5.97 Å². The maximum Gasteiger partial charge on any atom is 0.335 e. The van der Waals surface area contributed by atoms with Crippen LogP contribution in [-0.2, 0) is 0 Å². The fraction of sp³-hybridized carbons (Fsp3) is 0.650. The highest BCUT2D eigenvalue weighted by atomic mass is 19.2. The van der Waals surface area contributed by atoms with E-state index in [9.17, 15) is 13.6 Å². The smallest absolute Gasteiger partial charge is 0.335 e. The standard InChI is InChI=1S/C20H24F2O3/c1-10(2)20(14-4-11-3-12(6-14)7-15(20)5-11)25-17-9-13(19(23)24)8-16(21)18(17)22/h8-12,14-15H,3-7H2,1-2H3,(H,23,24). The Labute approximate surface area is 146 Å². The molecule has 0 aliphatic heterocycles. The van der Waals surface area contributed by atoms with Crippen LogP contribution in [0.15, 0.2) is 12.1 Å². The average Bonchev–Trinajstić information content (AvgIpc) is 2.53. The quantitative estimate of drug-likeness (QED) is 0.841. The van der Waals surface area contributed by atoms with Crippen LogP contribution in [0.3, 0.4) is 0 Å². The SMILES string of the molecule is CC(C)C1(Oc2cc(C(=O)O)cc(F)c2F)C2CC3CC(C2)CC1C3. The van der Waals surface area contributed by atoms with Gasteiger partial charge in [0.1, 0.15) is 5.60 Å². The lowest BCUT2D eigenvalue weighted by atomic mass is 9.47. The van der Waals surface area contributed by atoms with E-state index in [1.807, 2.05) is 0 Å². The molecule has 4 aliphatic rings. The monoisotopic (exact) mass is 350 g/mol. The van der Waals surface area contributed by atoms with Crippen molar-refractivity contribution in [3.8, 4) is 5.75 Å². The van der Waals surface area contributed by atoms with Gasteiger partial charge < -0.3 is 9.84 Å². The summed E-state index contributed by atoms with van der Waals surface area (Å²) in [5, 5.41) is 9.16. The summed E-state index contributed by atoms with van der Waals surface area (Å²) < 4.78 is 34.6. The fourth-order valence-corrected chi connectivity index (χ4v) is 6.10. The van der Waals surface area contributed by atoms with Crippen LogP contribution in [-0.4, -0.2) is 16.7 Å². The van der Waals surface area contributed by atoms with Crippen LogP contribution in [0.4, 0.5) is 8.78 Å². The molecule has 25 heavy (non-hydrogen) atoms. The summed E-state index contributed by atoms with van der Waals surface area (Å²) in [6.45, 7) is 4.16. The first-order valence-electron chi connectivity index (χ1n) is 9.22. The third-order valence-corrected chi connectivity index (χ3v) is 6.85. The largest absolute Gasteiger partial charge is 0.483 e. The Bertz CT molecular complexity index is 685. The molecule has 1 N–H and O–H groups in total. The normalized spacial score (nSPS) is 36.0. The Morgan fingerprint density at radius 3 is 2.16 bits per heavy atom. The van der Waals surface area contributed by atoms with Crippen LogP contribution < -0.4 is 4.74 Å². The molecule has 0 saturated heterocycles. The number of halogens is 2. The van der Waals surface area contributed by atoms with Crippen LogP contribution in [0.2, 0.25) is 0 Å². The molecule has 0 unspecified atom stereocenters. The fourth-order valence-electron chi connectivity index (χ4n) is 6.10. The number of carboxylic acids is 1. The van der Waals surface area contributed by atoms with E-state index in [1.54, 1.807) is 0 Å². The summed E-state index contributed by atoms with van der Waals surface area (Å²) in [7, 11) is 0. The summed E-state index contributed by atoms with van der Waals surface area (Å²) in [4.78, 5) is 11.2. The molecular weight excluding hydrogens is 326 g/mol. The van der Waals surface area contributed by atoms with Crippen LogP contribution in [0.1, 0.15) is 56.3 Å². The molecule has 0 amide bonds. The Hall–Kier alpha value is -1.65. The van der Waals surface area contributed by atoms with E-state index >= 15 is 0 Å². The third-order valence-electron chi connectivity index (χ3n) is 6.85. The van der Waals surface area contributed by atoms with Gasteiger partial charge in [0.05, 0.1) is 5.56 Å². The molecule has 4 bridgehead atoms. The lowest BCUT2D eigenvalue weighted by Crippen LogP contribution is -2.63. The van der Waals surface area contributed by atoms with E-state index in [2.05, 4.69) is 13.8 Å². The van der Waals surface area contributed by atoms with Gasteiger partial charge in [-0.1, -0.05) is 13.8 Å². The Morgan fingerprint density at radius 1 is 1.12 bits per heavy atom. The molecule has 1 aromatic rings. The number of hydrogen-bond donors (Lipinski definition) is 1. The Morgan fingerprint density at radius 2 is 1.68 bits per heavy atom. The van der Waals surface area contributed by atoms with Gasteiger partial charge in [-0.05, 0) is 73.8 Å². The molecule has 4 fully saturated rings. The molecule has 4 aliphatic carbocycles. The summed E-state index contributed by atoms with van der Waals surface area (Å²) in [6, 6.07) is 1.85. The Kier molecular flexibility index (Phi) is 3.82. The minimum atomic E-state index is -1.28. The maximum absolute atomic E-state index is 14.4. The van der Waals surface area contributed by atoms with Crippen LogP contribution in [0, 0.1) is 41.2 Å². The Balaban J connectivity index is 1.76. The van der Waals surface area contributed by atoms with Crippen molar-refractivity contribution in [3.63, 3.8) is 0 Å². The summed E-state index contributed by atoms with van der Waals surface area (Å²) in [5.74, 6) is -1.52. The molecule has 4 saturated carbocycles. The van der Waals surface area contributed by atoms with E-state index in [4.69, 9.17) is 9.84 Å². The second kappa shape index (κ2) is 5.68. The molecule has 5 heteroatoms. The van der Waals surface area contributed by atoms with Gasteiger partial charge in [0.15, 0.2) is 11.6 Å². The number of carboxylic acid groups (broad SMARTS) is 1. The average molecular weight is 350 g/mol.